The third-order valence-corrected chi connectivity index (χ3v) is 3.72. The summed E-state index contributed by atoms with van der Waals surface area (Å²) in [6.07, 6.45) is 0. The zero-order chi connectivity index (χ0) is 21.2. The van der Waals surface area contributed by atoms with E-state index in [9.17, 15) is 14.4 Å². The molecule has 9 heteroatoms. The Morgan fingerprint density at radius 1 is 0.862 bits per heavy atom. The molecular weight excluding hydrogens is 380 g/mol. The normalized spacial score (nSPS) is 9.90. The number of carbonyl (C=O) groups excluding carboxylic acids is 3. The lowest BCUT2D eigenvalue weighted by Gasteiger charge is -2.10. The molecule has 0 fully saturated rings. The molecule has 0 heterocycles. The van der Waals surface area contributed by atoms with E-state index in [0.717, 1.165) is 0 Å². The summed E-state index contributed by atoms with van der Waals surface area (Å²) in [6.45, 7) is -0.885. The number of amides is 2. The van der Waals surface area contributed by atoms with Crippen LogP contribution >= 0.6 is 0 Å². The van der Waals surface area contributed by atoms with Crippen molar-refractivity contribution < 1.29 is 33.3 Å². The molecule has 0 atom stereocenters. The van der Waals surface area contributed by atoms with Crippen molar-refractivity contribution in [3.63, 3.8) is 0 Å². The molecule has 9 nitrogen and oxygen atoms in total. The molecule has 0 aromatic heterocycles. The van der Waals surface area contributed by atoms with E-state index < -0.39 is 30.9 Å². The Labute approximate surface area is 167 Å². The molecule has 2 N–H and O–H groups in total. The van der Waals surface area contributed by atoms with Crippen LogP contribution in [0.1, 0.15) is 10.4 Å². The van der Waals surface area contributed by atoms with Gasteiger partial charge < -0.3 is 29.6 Å². The summed E-state index contributed by atoms with van der Waals surface area (Å²) in [5.41, 5.74) is 0.760. The van der Waals surface area contributed by atoms with Gasteiger partial charge in [0.05, 0.1) is 21.3 Å². The fourth-order valence-electron chi connectivity index (χ4n) is 2.29. The molecular formula is C20H22N2O7. The number of hydrogen-bond donors (Lipinski definition) is 2. The maximum Gasteiger partial charge on any atom is 0.325 e. The van der Waals surface area contributed by atoms with E-state index in [1.807, 2.05) is 0 Å². The van der Waals surface area contributed by atoms with Crippen LogP contribution in [0.15, 0.2) is 42.5 Å². The van der Waals surface area contributed by atoms with Crippen molar-refractivity contribution in [2.75, 3.05) is 39.8 Å². The first kappa shape index (κ1) is 21.5. The number of methoxy groups -OCH3 is 3. The molecule has 0 unspecified atom stereocenters. The SMILES string of the molecule is COc1cccc(NC(=O)COC(=O)CNC(=O)c2cc(OC)cc(OC)c2)c1. The lowest BCUT2D eigenvalue weighted by molar-refractivity contribution is -0.146. The average Bonchev–Trinajstić information content (AvgIpc) is 2.75. The number of anilines is 1. The smallest absolute Gasteiger partial charge is 0.325 e. The van der Waals surface area contributed by atoms with Crippen molar-refractivity contribution >= 4 is 23.5 Å². The Kier molecular flexibility index (Phi) is 7.84. The molecule has 0 spiro atoms. The van der Waals surface area contributed by atoms with Gasteiger partial charge in [-0.15, -0.1) is 0 Å². The number of benzene rings is 2. The van der Waals surface area contributed by atoms with Crippen LogP contribution in [0.3, 0.4) is 0 Å². The van der Waals surface area contributed by atoms with E-state index in [4.69, 9.17) is 18.9 Å². The summed E-state index contributed by atoms with van der Waals surface area (Å²) in [4.78, 5) is 35.9. The van der Waals surface area contributed by atoms with Crippen LogP contribution in [-0.2, 0) is 14.3 Å². The van der Waals surface area contributed by atoms with Crippen LogP contribution in [0, 0.1) is 0 Å². The lowest BCUT2D eigenvalue weighted by Crippen LogP contribution is -2.32. The highest BCUT2D eigenvalue weighted by molar-refractivity contribution is 5.97. The Morgan fingerprint density at radius 3 is 2.14 bits per heavy atom. The summed E-state index contributed by atoms with van der Waals surface area (Å²) in [7, 11) is 4.44. The third-order valence-electron chi connectivity index (χ3n) is 3.72. The van der Waals surface area contributed by atoms with E-state index in [-0.39, 0.29) is 5.56 Å². The lowest BCUT2D eigenvalue weighted by atomic mass is 10.2. The van der Waals surface area contributed by atoms with Gasteiger partial charge in [0, 0.05) is 23.4 Å². The maximum atomic E-state index is 12.2. The number of esters is 1. The number of carbonyl (C=O) groups is 3. The molecule has 2 rings (SSSR count). The van der Waals surface area contributed by atoms with Crippen LogP contribution in [0.4, 0.5) is 5.69 Å². The average molecular weight is 402 g/mol. The highest BCUT2D eigenvalue weighted by Crippen LogP contribution is 2.22. The molecule has 2 aromatic carbocycles. The van der Waals surface area contributed by atoms with Gasteiger partial charge in [0.15, 0.2) is 6.61 Å². The van der Waals surface area contributed by atoms with Gasteiger partial charge in [0.2, 0.25) is 0 Å². The summed E-state index contributed by atoms with van der Waals surface area (Å²) >= 11 is 0. The van der Waals surface area contributed by atoms with E-state index in [1.54, 1.807) is 30.3 Å². The summed E-state index contributed by atoms with van der Waals surface area (Å²) in [5, 5.41) is 4.99. The Balaban J connectivity index is 1.80. The first-order valence-electron chi connectivity index (χ1n) is 8.56. The Morgan fingerprint density at radius 2 is 1.52 bits per heavy atom. The number of hydrogen-bond acceptors (Lipinski definition) is 7. The minimum absolute atomic E-state index is 0.254. The highest BCUT2D eigenvalue weighted by atomic mass is 16.5. The summed E-state index contributed by atoms with van der Waals surface area (Å²) < 4.78 is 20.1. The molecule has 0 saturated heterocycles. The van der Waals surface area contributed by atoms with E-state index in [1.165, 1.54) is 33.5 Å². The van der Waals surface area contributed by atoms with Gasteiger partial charge in [-0.25, -0.2) is 0 Å². The second kappa shape index (κ2) is 10.5. The van der Waals surface area contributed by atoms with Crippen molar-refractivity contribution in [3.8, 4) is 17.2 Å². The number of ether oxygens (including phenoxy) is 4. The van der Waals surface area contributed by atoms with E-state index in [2.05, 4.69) is 10.6 Å². The number of rotatable bonds is 9. The van der Waals surface area contributed by atoms with E-state index >= 15 is 0 Å². The van der Waals surface area contributed by atoms with Crippen molar-refractivity contribution in [1.82, 2.24) is 5.32 Å². The van der Waals surface area contributed by atoms with Gasteiger partial charge in [-0.1, -0.05) is 6.07 Å². The van der Waals surface area contributed by atoms with Gasteiger partial charge in [0.1, 0.15) is 23.8 Å². The summed E-state index contributed by atoms with van der Waals surface area (Å²) in [5.74, 6) is -0.335. The second-order valence-electron chi connectivity index (χ2n) is 5.72. The summed E-state index contributed by atoms with van der Waals surface area (Å²) in [6, 6.07) is 11.4. The fourth-order valence-corrected chi connectivity index (χ4v) is 2.29. The van der Waals surface area contributed by atoms with Crippen molar-refractivity contribution in [3.05, 3.63) is 48.0 Å². The molecule has 0 aliphatic heterocycles. The quantitative estimate of drug-likeness (QED) is 0.613. The van der Waals surface area contributed by atoms with Crippen LogP contribution in [-0.4, -0.2) is 52.3 Å². The molecule has 0 bridgehead atoms. The maximum absolute atomic E-state index is 12.2. The van der Waals surface area contributed by atoms with Crippen molar-refractivity contribution in [2.45, 2.75) is 0 Å². The topological polar surface area (TPSA) is 112 Å². The Bertz CT molecular complexity index is 861. The monoisotopic (exact) mass is 402 g/mol. The molecule has 0 aliphatic carbocycles. The molecule has 154 valence electrons. The third kappa shape index (κ3) is 6.73. The molecule has 0 saturated carbocycles. The minimum Gasteiger partial charge on any atom is -0.497 e. The minimum atomic E-state index is -0.756. The van der Waals surface area contributed by atoms with Gasteiger partial charge >= 0.3 is 5.97 Å². The highest BCUT2D eigenvalue weighted by Gasteiger charge is 2.13. The van der Waals surface area contributed by atoms with Crippen LogP contribution < -0.4 is 24.8 Å². The molecule has 0 aliphatic rings. The Hall–Kier alpha value is -3.75. The zero-order valence-electron chi connectivity index (χ0n) is 16.3. The standard InChI is InChI=1S/C20H22N2O7/c1-26-15-6-4-5-14(9-15)22-18(23)12-29-19(24)11-21-20(25)13-7-16(27-2)10-17(8-13)28-3/h4-10H,11-12H2,1-3H3,(H,21,25)(H,22,23). The predicted octanol–water partition coefficient (Wildman–Crippen LogP) is 1.62. The number of nitrogens with one attached hydrogen (secondary N) is 2. The zero-order valence-corrected chi connectivity index (χ0v) is 16.3. The molecule has 2 amide bonds. The van der Waals surface area contributed by atoms with Crippen molar-refractivity contribution in [2.24, 2.45) is 0 Å². The van der Waals surface area contributed by atoms with Crippen LogP contribution in [0.2, 0.25) is 0 Å². The molecule has 0 radical (unpaired) electrons. The second-order valence-corrected chi connectivity index (χ2v) is 5.72. The fraction of sp³-hybridized carbons (Fsp3) is 0.250. The van der Waals surface area contributed by atoms with Gasteiger partial charge in [0.25, 0.3) is 11.8 Å². The van der Waals surface area contributed by atoms with Crippen molar-refractivity contribution in [1.29, 1.82) is 0 Å². The first-order chi connectivity index (χ1) is 13.9. The van der Waals surface area contributed by atoms with Crippen LogP contribution in [0.5, 0.6) is 17.2 Å². The van der Waals surface area contributed by atoms with Gasteiger partial charge in [-0.05, 0) is 24.3 Å². The molecule has 2 aromatic rings. The van der Waals surface area contributed by atoms with Gasteiger partial charge in [-0.3, -0.25) is 14.4 Å². The largest absolute Gasteiger partial charge is 0.497 e. The van der Waals surface area contributed by atoms with Crippen LogP contribution in [0.25, 0.3) is 0 Å². The molecule has 29 heavy (non-hydrogen) atoms. The first-order valence-corrected chi connectivity index (χ1v) is 8.56. The van der Waals surface area contributed by atoms with Gasteiger partial charge in [-0.2, -0.15) is 0 Å². The predicted molar refractivity (Wildman–Crippen MR) is 104 cm³/mol. The van der Waals surface area contributed by atoms with E-state index in [0.29, 0.717) is 22.9 Å².